The maximum atomic E-state index is 13.6. The Bertz CT molecular complexity index is 455. The average molecular weight is 292 g/mol. The topological polar surface area (TPSA) is 40.5 Å². The van der Waals surface area contributed by atoms with Gasteiger partial charge in [0.15, 0.2) is 0 Å². The molecule has 106 valence electrons. The molecule has 0 spiro atoms. The minimum absolute atomic E-state index is 0.106. The largest absolute Gasteiger partial charge is 0.396 e. The fraction of sp³-hybridized carbons (Fsp3) is 0.462. The van der Waals surface area contributed by atoms with Crippen molar-refractivity contribution in [2.45, 2.75) is 19.3 Å². The molecule has 0 fully saturated rings. The maximum absolute atomic E-state index is 13.6. The number of rotatable bonds is 6. The summed E-state index contributed by atoms with van der Waals surface area (Å²) in [5.74, 6) is -2.24. The molecule has 0 heterocycles. The van der Waals surface area contributed by atoms with Crippen molar-refractivity contribution in [1.82, 2.24) is 4.90 Å². The van der Waals surface area contributed by atoms with E-state index >= 15 is 0 Å². The van der Waals surface area contributed by atoms with E-state index in [0.29, 0.717) is 19.4 Å². The molecule has 0 radical (unpaired) electrons. The van der Waals surface area contributed by atoms with Crippen LogP contribution in [0.1, 0.15) is 29.6 Å². The summed E-state index contributed by atoms with van der Waals surface area (Å²) in [5.41, 5.74) is -0.327. The Balaban J connectivity index is 2.69. The van der Waals surface area contributed by atoms with Crippen LogP contribution < -0.4 is 0 Å². The fourth-order valence-electron chi connectivity index (χ4n) is 1.63. The minimum Gasteiger partial charge on any atom is -0.396 e. The molecular formula is C13H16ClF2NO2. The number of nitrogens with zero attached hydrogens (tertiary/aromatic N) is 1. The monoisotopic (exact) mass is 291 g/mol. The first-order valence-corrected chi connectivity index (χ1v) is 6.36. The van der Waals surface area contributed by atoms with E-state index in [2.05, 4.69) is 0 Å². The first-order valence-electron chi connectivity index (χ1n) is 5.98. The van der Waals surface area contributed by atoms with Crippen LogP contribution >= 0.6 is 11.6 Å². The second-order valence-electron chi connectivity index (χ2n) is 4.26. The number of carbonyl (C=O) groups is 1. The van der Waals surface area contributed by atoms with E-state index in [-0.39, 0.29) is 17.2 Å². The number of unbranched alkanes of at least 4 members (excludes halogenated alkanes) is 2. The molecule has 1 aromatic carbocycles. The molecule has 0 aliphatic carbocycles. The molecule has 0 bridgehead atoms. The lowest BCUT2D eigenvalue weighted by molar-refractivity contribution is 0.0787. The van der Waals surface area contributed by atoms with E-state index in [1.54, 1.807) is 0 Å². The molecule has 1 N–H and O–H groups in total. The highest BCUT2D eigenvalue weighted by molar-refractivity contribution is 6.30. The van der Waals surface area contributed by atoms with E-state index < -0.39 is 17.5 Å². The predicted molar refractivity (Wildman–Crippen MR) is 69.3 cm³/mol. The molecule has 0 aromatic heterocycles. The van der Waals surface area contributed by atoms with E-state index in [0.717, 1.165) is 18.6 Å². The SMILES string of the molecule is CN(CCCCCO)C(=O)c1cc(F)c(Cl)cc1F. The van der Waals surface area contributed by atoms with Crippen molar-refractivity contribution in [3.8, 4) is 0 Å². The van der Waals surface area contributed by atoms with Crippen molar-refractivity contribution < 1.29 is 18.7 Å². The number of carbonyl (C=O) groups excluding carboxylic acids is 1. The zero-order valence-corrected chi connectivity index (χ0v) is 11.4. The van der Waals surface area contributed by atoms with Crippen LogP contribution in [0.15, 0.2) is 12.1 Å². The Hall–Kier alpha value is -1.20. The molecule has 0 saturated heterocycles. The molecule has 6 heteroatoms. The fourth-order valence-corrected chi connectivity index (χ4v) is 1.78. The smallest absolute Gasteiger partial charge is 0.256 e. The third-order valence-electron chi connectivity index (χ3n) is 2.74. The van der Waals surface area contributed by atoms with E-state index in [9.17, 15) is 13.6 Å². The quantitative estimate of drug-likeness (QED) is 0.647. The van der Waals surface area contributed by atoms with Crippen molar-refractivity contribution in [2.75, 3.05) is 20.2 Å². The molecule has 19 heavy (non-hydrogen) atoms. The molecule has 0 aliphatic heterocycles. The highest BCUT2D eigenvalue weighted by Crippen LogP contribution is 2.20. The zero-order chi connectivity index (χ0) is 14.4. The number of hydrogen-bond donors (Lipinski definition) is 1. The van der Waals surface area contributed by atoms with Gasteiger partial charge in [0.25, 0.3) is 5.91 Å². The number of aliphatic hydroxyl groups is 1. The van der Waals surface area contributed by atoms with Gasteiger partial charge in [-0.1, -0.05) is 11.6 Å². The summed E-state index contributed by atoms with van der Waals surface area (Å²) >= 11 is 5.42. The molecule has 1 rings (SSSR count). The summed E-state index contributed by atoms with van der Waals surface area (Å²) in [4.78, 5) is 13.2. The van der Waals surface area contributed by atoms with Crippen LogP contribution in [0.4, 0.5) is 8.78 Å². The van der Waals surface area contributed by atoms with Crippen molar-refractivity contribution in [2.24, 2.45) is 0 Å². The van der Waals surface area contributed by atoms with Crippen molar-refractivity contribution in [1.29, 1.82) is 0 Å². The maximum Gasteiger partial charge on any atom is 0.256 e. The second kappa shape index (κ2) is 7.40. The lowest BCUT2D eigenvalue weighted by atomic mass is 10.1. The number of benzene rings is 1. The Morgan fingerprint density at radius 3 is 2.58 bits per heavy atom. The molecule has 0 aliphatic rings. The van der Waals surface area contributed by atoms with Gasteiger partial charge in [-0.15, -0.1) is 0 Å². The lowest BCUT2D eigenvalue weighted by Gasteiger charge is -2.17. The normalized spacial score (nSPS) is 10.6. The van der Waals surface area contributed by atoms with Gasteiger partial charge in [-0.25, -0.2) is 8.78 Å². The van der Waals surface area contributed by atoms with Crippen LogP contribution in [0.25, 0.3) is 0 Å². The van der Waals surface area contributed by atoms with Gasteiger partial charge in [-0.05, 0) is 31.4 Å². The van der Waals surface area contributed by atoms with Crippen LogP contribution in [0.3, 0.4) is 0 Å². The zero-order valence-electron chi connectivity index (χ0n) is 10.6. The Kier molecular flexibility index (Phi) is 6.18. The summed E-state index contributed by atoms with van der Waals surface area (Å²) in [7, 11) is 1.52. The molecular weight excluding hydrogens is 276 g/mol. The first-order chi connectivity index (χ1) is 8.97. The summed E-state index contributed by atoms with van der Waals surface area (Å²) in [6.07, 6.45) is 2.12. The van der Waals surface area contributed by atoms with Gasteiger partial charge in [0.2, 0.25) is 0 Å². The van der Waals surface area contributed by atoms with Gasteiger partial charge in [0.05, 0.1) is 10.6 Å². The molecule has 1 amide bonds. The van der Waals surface area contributed by atoms with Gasteiger partial charge in [-0.3, -0.25) is 4.79 Å². The van der Waals surface area contributed by atoms with Crippen molar-refractivity contribution >= 4 is 17.5 Å². The van der Waals surface area contributed by atoms with Crippen LogP contribution in [0.2, 0.25) is 5.02 Å². The summed E-state index contributed by atoms with van der Waals surface area (Å²) in [5, 5.41) is 8.28. The number of halogens is 3. The standard InChI is InChI=1S/C13H16ClF2NO2/c1-17(5-3-2-4-6-18)13(19)9-7-12(16)10(14)8-11(9)15/h7-8,18H,2-6H2,1H3. The van der Waals surface area contributed by atoms with Gasteiger partial charge in [0.1, 0.15) is 11.6 Å². The highest BCUT2D eigenvalue weighted by Gasteiger charge is 2.18. The Morgan fingerprint density at radius 2 is 1.95 bits per heavy atom. The van der Waals surface area contributed by atoms with Crippen LogP contribution in [-0.2, 0) is 0 Å². The summed E-state index contributed by atoms with van der Waals surface area (Å²) in [6, 6.07) is 1.61. The molecule has 3 nitrogen and oxygen atoms in total. The summed E-state index contributed by atoms with van der Waals surface area (Å²) < 4.78 is 26.8. The third-order valence-corrected chi connectivity index (χ3v) is 3.03. The van der Waals surface area contributed by atoms with E-state index in [4.69, 9.17) is 16.7 Å². The minimum atomic E-state index is -0.835. The average Bonchev–Trinajstić information content (AvgIpc) is 2.38. The van der Waals surface area contributed by atoms with Gasteiger partial charge >= 0.3 is 0 Å². The summed E-state index contributed by atoms with van der Waals surface area (Å²) in [6.45, 7) is 0.525. The number of hydrogen-bond acceptors (Lipinski definition) is 2. The van der Waals surface area contributed by atoms with E-state index in [1.165, 1.54) is 11.9 Å². The lowest BCUT2D eigenvalue weighted by Crippen LogP contribution is -2.28. The molecule has 1 aromatic rings. The first kappa shape index (κ1) is 15.9. The third kappa shape index (κ3) is 4.44. The van der Waals surface area contributed by atoms with Crippen molar-refractivity contribution in [3.63, 3.8) is 0 Å². The second-order valence-corrected chi connectivity index (χ2v) is 4.66. The Labute approximate surface area is 115 Å². The van der Waals surface area contributed by atoms with Crippen LogP contribution in [0, 0.1) is 11.6 Å². The molecule has 0 unspecified atom stereocenters. The predicted octanol–water partition coefficient (Wildman–Crippen LogP) is 2.85. The van der Waals surface area contributed by atoms with Gasteiger partial charge < -0.3 is 10.0 Å². The Morgan fingerprint density at radius 1 is 1.26 bits per heavy atom. The van der Waals surface area contributed by atoms with Crippen LogP contribution in [0.5, 0.6) is 0 Å². The van der Waals surface area contributed by atoms with E-state index in [1.807, 2.05) is 0 Å². The molecule has 0 saturated carbocycles. The van der Waals surface area contributed by atoms with Crippen LogP contribution in [-0.4, -0.2) is 36.1 Å². The number of aliphatic hydroxyl groups excluding tert-OH is 1. The van der Waals surface area contributed by atoms with Gasteiger partial charge in [-0.2, -0.15) is 0 Å². The highest BCUT2D eigenvalue weighted by atomic mass is 35.5. The van der Waals surface area contributed by atoms with Gasteiger partial charge in [0, 0.05) is 20.2 Å². The number of amides is 1. The molecule has 0 atom stereocenters. The van der Waals surface area contributed by atoms with Crippen molar-refractivity contribution in [3.05, 3.63) is 34.4 Å².